The van der Waals surface area contributed by atoms with E-state index >= 15 is 0 Å². The van der Waals surface area contributed by atoms with Gasteiger partial charge in [0.05, 0.1) is 0 Å². The van der Waals surface area contributed by atoms with Gasteiger partial charge < -0.3 is 5.73 Å². The molecule has 2 rings (SSSR count). The van der Waals surface area contributed by atoms with Gasteiger partial charge in [0.15, 0.2) is 0 Å². The fourth-order valence-electron chi connectivity index (χ4n) is 2.67. The van der Waals surface area contributed by atoms with Crippen LogP contribution in [0.1, 0.15) is 69.3 Å². The van der Waals surface area contributed by atoms with Crippen molar-refractivity contribution in [3.8, 4) is 0 Å². The van der Waals surface area contributed by atoms with Crippen molar-refractivity contribution < 1.29 is 0 Å². The van der Waals surface area contributed by atoms with E-state index in [1.54, 1.807) is 0 Å². The van der Waals surface area contributed by atoms with Gasteiger partial charge in [0, 0.05) is 30.3 Å². The Morgan fingerprint density at radius 1 is 1.28 bits per heavy atom. The molecule has 0 radical (unpaired) electrons. The fourth-order valence-corrected chi connectivity index (χ4v) is 2.67. The predicted octanol–water partition coefficient (Wildman–Crippen LogP) is 3.19. The molecule has 1 aromatic rings. The minimum absolute atomic E-state index is 0.224. The monoisotopic (exact) mass is 247 g/mol. The molecule has 3 heteroatoms. The van der Waals surface area contributed by atoms with Crippen molar-refractivity contribution in [1.29, 1.82) is 0 Å². The van der Waals surface area contributed by atoms with Gasteiger partial charge in [-0.15, -0.1) is 0 Å². The number of nitrogens with zero attached hydrogens (tertiary/aromatic N) is 2. The molecule has 0 spiro atoms. The highest BCUT2D eigenvalue weighted by Gasteiger charge is 2.17. The van der Waals surface area contributed by atoms with E-state index in [0.717, 1.165) is 24.4 Å². The van der Waals surface area contributed by atoms with Crippen molar-refractivity contribution in [3.05, 3.63) is 23.8 Å². The maximum absolute atomic E-state index is 6.00. The lowest BCUT2D eigenvalue weighted by molar-refractivity contribution is 0.552. The van der Waals surface area contributed by atoms with E-state index in [-0.39, 0.29) is 6.04 Å². The van der Waals surface area contributed by atoms with Gasteiger partial charge in [-0.05, 0) is 25.3 Å². The van der Waals surface area contributed by atoms with E-state index in [0.29, 0.717) is 5.92 Å². The van der Waals surface area contributed by atoms with Gasteiger partial charge in [-0.25, -0.2) is 9.97 Å². The summed E-state index contributed by atoms with van der Waals surface area (Å²) >= 11 is 0. The molecule has 0 aromatic carbocycles. The Bertz CT molecular complexity index is 357. The van der Waals surface area contributed by atoms with Crippen LogP contribution in [0.15, 0.2) is 12.3 Å². The standard InChI is InChI=1S/C15H25N3/c1-2-13(16)11-14-9-10-17-15(18-14)12-7-5-3-4-6-8-12/h9-10,12-13H,2-8,11,16H2,1H3. The van der Waals surface area contributed by atoms with E-state index in [2.05, 4.69) is 11.9 Å². The molecule has 0 bridgehead atoms. The number of hydrogen-bond acceptors (Lipinski definition) is 3. The topological polar surface area (TPSA) is 51.8 Å². The molecule has 1 aromatic heterocycles. The third kappa shape index (κ3) is 3.77. The molecule has 18 heavy (non-hydrogen) atoms. The molecule has 1 atom stereocenters. The zero-order valence-corrected chi connectivity index (χ0v) is 11.4. The summed E-state index contributed by atoms with van der Waals surface area (Å²) in [5.41, 5.74) is 7.11. The summed E-state index contributed by atoms with van der Waals surface area (Å²) in [5, 5.41) is 0. The lowest BCUT2D eigenvalue weighted by atomic mass is 9.99. The summed E-state index contributed by atoms with van der Waals surface area (Å²) in [4.78, 5) is 9.22. The van der Waals surface area contributed by atoms with Gasteiger partial charge in [-0.3, -0.25) is 0 Å². The Morgan fingerprint density at radius 2 is 2.00 bits per heavy atom. The first-order valence-corrected chi connectivity index (χ1v) is 7.37. The molecular formula is C15H25N3. The van der Waals surface area contributed by atoms with Gasteiger partial charge in [0.2, 0.25) is 0 Å². The molecule has 1 fully saturated rings. The van der Waals surface area contributed by atoms with Crippen LogP contribution in [-0.4, -0.2) is 16.0 Å². The SMILES string of the molecule is CCC(N)Cc1ccnc(C2CCCCCC2)n1. The first-order valence-electron chi connectivity index (χ1n) is 7.37. The third-order valence-electron chi connectivity index (χ3n) is 3.95. The molecule has 0 amide bonds. The number of rotatable bonds is 4. The van der Waals surface area contributed by atoms with Crippen molar-refractivity contribution in [2.24, 2.45) is 5.73 Å². The van der Waals surface area contributed by atoms with E-state index in [9.17, 15) is 0 Å². The molecule has 1 aliphatic carbocycles. The summed E-state index contributed by atoms with van der Waals surface area (Å²) in [6.45, 7) is 2.12. The van der Waals surface area contributed by atoms with Crippen LogP contribution in [0, 0.1) is 0 Å². The molecule has 1 unspecified atom stereocenters. The Kier molecular flexibility index (Phi) is 5.12. The summed E-state index contributed by atoms with van der Waals surface area (Å²) in [6, 6.07) is 2.23. The zero-order valence-electron chi connectivity index (χ0n) is 11.4. The molecule has 1 heterocycles. The second-order valence-electron chi connectivity index (χ2n) is 5.47. The summed E-state index contributed by atoms with van der Waals surface area (Å²) in [7, 11) is 0. The van der Waals surface area contributed by atoms with Crippen molar-refractivity contribution in [1.82, 2.24) is 9.97 Å². The fraction of sp³-hybridized carbons (Fsp3) is 0.733. The van der Waals surface area contributed by atoms with E-state index in [1.807, 2.05) is 12.3 Å². The Morgan fingerprint density at radius 3 is 2.67 bits per heavy atom. The number of aromatic nitrogens is 2. The molecule has 1 saturated carbocycles. The quantitative estimate of drug-likeness (QED) is 0.831. The molecular weight excluding hydrogens is 222 g/mol. The Hall–Kier alpha value is -0.960. The lowest BCUT2D eigenvalue weighted by Gasteiger charge is -2.14. The molecule has 0 saturated heterocycles. The summed E-state index contributed by atoms with van der Waals surface area (Å²) in [5.74, 6) is 1.63. The van der Waals surface area contributed by atoms with Gasteiger partial charge in [-0.1, -0.05) is 32.6 Å². The maximum Gasteiger partial charge on any atom is 0.131 e. The second-order valence-corrected chi connectivity index (χ2v) is 5.47. The first-order chi connectivity index (χ1) is 8.79. The van der Waals surface area contributed by atoms with Crippen LogP contribution >= 0.6 is 0 Å². The van der Waals surface area contributed by atoms with Crippen LogP contribution in [-0.2, 0) is 6.42 Å². The highest BCUT2D eigenvalue weighted by atomic mass is 14.9. The highest BCUT2D eigenvalue weighted by molar-refractivity contribution is 5.07. The van der Waals surface area contributed by atoms with Crippen molar-refractivity contribution in [2.45, 2.75) is 70.3 Å². The maximum atomic E-state index is 6.00. The van der Waals surface area contributed by atoms with Crippen LogP contribution < -0.4 is 5.73 Å². The largest absolute Gasteiger partial charge is 0.327 e. The minimum atomic E-state index is 0.224. The third-order valence-corrected chi connectivity index (χ3v) is 3.95. The first kappa shape index (κ1) is 13.5. The minimum Gasteiger partial charge on any atom is -0.327 e. The molecule has 1 aliphatic rings. The van der Waals surface area contributed by atoms with Gasteiger partial charge in [-0.2, -0.15) is 0 Å². The average Bonchev–Trinajstić information content (AvgIpc) is 2.68. The lowest BCUT2D eigenvalue weighted by Crippen LogP contribution is -2.22. The number of nitrogens with two attached hydrogens (primary N) is 1. The van der Waals surface area contributed by atoms with Crippen LogP contribution in [0.3, 0.4) is 0 Å². The summed E-state index contributed by atoms with van der Waals surface area (Å²) in [6.07, 6.45) is 11.7. The van der Waals surface area contributed by atoms with E-state index in [1.165, 1.54) is 38.5 Å². The van der Waals surface area contributed by atoms with Crippen molar-refractivity contribution in [3.63, 3.8) is 0 Å². The van der Waals surface area contributed by atoms with E-state index < -0.39 is 0 Å². The smallest absolute Gasteiger partial charge is 0.131 e. The second kappa shape index (κ2) is 6.83. The van der Waals surface area contributed by atoms with Crippen LogP contribution in [0.2, 0.25) is 0 Å². The zero-order chi connectivity index (χ0) is 12.8. The van der Waals surface area contributed by atoms with Gasteiger partial charge in [0.25, 0.3) is 0 Å². The molecule has 3 nitrogen and oxygen atoms in total. The normalized spacial score (nSPS) is 19.4. The van der Waals surface area contributed by atoms with Crippen LogP contribution in [0.4, 0.5) is 0 Å². The van der Waals surface area contributed by atoms with E-state index in [4.69, 9.17) is 10.7 Å². The van der Waals surface area contributed by atoms with Crippen molar-refractivity contribution in [2.75, 3.05) is 0 Å². The van der Waals surface area contributed by atoms with Crippen molar-refractivity contribution >= 4 is 0 Å². The van der Waals surface area contributed by atoms with Crippen LogP contribution in [0.5, 0.6) is 0 Å². The Labute approximate surface area is 110 Å². The average molecular weight is 247 g/mol. The Balaban J connectivity index is 2.05. The molecule has 0 aliphatic heterocycles. The van der Waals surface area contributed by atoms with Gasteiger partial charge in [0.1, 0.15) is 5.82 Å². The van der Waals surface area contributed by atoms with Crippen LogP contribution in [0.25, 0.3) is 0 Å². The number of hydrogen-bond donors (Lipinski definition) is 1. The molecule has 100 valence electrons. The molecule has 2 N–H and O–H groups in total. The summed E-state index contributed by atoms with van der Waals surface area (Å²) < 4.78 is 0. The predicted molar refractivity (Wildman–Crippen MR) is 74.4 cm³/mol. The highest BCUT2D eigenvalue weighted by Crippen LogP contribution is 2.29. The van der Waals surface area contributed by atoms with Gasteiger partial charge >= 0.3 is 0 Å².